The van der Waals surface area contributed by atoms with Crippen LogP contribution in [0.4, 0.5) is 5.69 Å². The molecular weight excluding hydrogens is 248 g/mol. The fourth-order valence-electron chi connectivity index (χ4n) is 1.98. The van der Waals surface area contributed by atoms with Crippen molar-refractivity contribution in [2.75, 3.05) is 12.4 Å². The van der Waals surface area contributed by atoms with Gasteiger partial charge in [-0.3, -0.25) is 4.79 Å². The molecule has 0 bridgehead atoms. The predicted octanol–water partition coefficient (Wildman–Crippen LogP) is 3.30. The van der Waals surface area contributed by atoms with Crippen LogP contribution in [0.15, 0.2) is 18.2 Å². The number of amides is 1. The Kier molecular flexibility index (Phi) is 3.53. The minimum Gasteiger partial charge on any atom is -0.382 e. The number of benzene rings is 1. The molecule has 1 fully saturated rings. The van der Waals surface area contributed by atoms with Crippen molar-refractivity contribution in [3.05, 3.63) is 28.8 Å². The summed E-state index contributed by atoms with van der Waals surface area (Å²) in [6.45, 7) is 4.46. The maximum atomic E-state index is 11.7. The Bertz CT molecular complexity index is 469. The zero-order chi connectivity index (χ0) is 13.3. The molecule has 0 spiro atoms. The highest BCUT2D eigenvalue weighted by molar-refractivity contribution is 6.34. The van der Waals surface area contributed by atoms with Gasteiger partial charge in [-0.25, -0.2) is 0 Å². The van der Waals surface area contributed by atoms with Gasteiger partial charge in [0.15, 0.2) is 0 Å². The minimum atomic E-state index is -0.158. The monoisotopic (exact) mass is 266 g/mol. The second-order valence-corrected chi connectivity index (χ2v) is 5.70. The molecule has 1 aliphatic rings. The lowest BCUT2D eigenvalue weighted by Gasteiger charge is -2.22. The van der Waals surface area contributed by atoms with Crippen LogP contribution in [-0.2, 0) is 0 Å². The lowest BCUT2D eigenvalue weighted by molar-refractivity contribution is 0.0963. The lowest BCUT2D eigenvalue weighted by atomic mass is 10.0. The molecule has 2 rings (SSSR count). The Morgan fingerprint density at radius 1 is 1.44 bits per heavy atom. The zero-order valence-corrected chi connectivity index (χ0v) is 11.8. The summed E-state index contributed by atoms with van der Waals surface area (Å²) < 4.78 is 0. The second-order valence-electron chi connectivity index (χ2n) is 5.29. The Hall–Kier alpha value is -1.22. The van der Waals surface area contributed by atoms with E-state index in [1.165, 1.54) is 12.8 Å². The van der Waals surface area contributed by atoms with E-state index in [1.807, 2.05) is 12.1 Å². The summed E-state index contributed by atoms with van der Waals surface area (Å²) in [5, 5.41) is 6.52. The summed E-state index contributed by atoms with van der Waals surface area (Å²) in [6, 6.07) is 5.88. The van der Waals surface area contributed by atoms with E-state index in [4.69, 9.17) is 11.6 Å². The van der Waals surface area contributed by atoms with E-state index < -0.39 is 0 Å². The molecule has 1 unspecified atom stereocenters. The van der Waals surface area contributed by atoms with Gasteiger partial charge in [-0.2, -0.15) is 0 Å². The number of hydrogen-bond donors (Lipinski definition) is 2. The topological polar surface area (TPSA) is 41.1 Å². The first-order valence-corrected chi connectivity index (χ1v) is 6.62. The molecule has 18 heavy (non-hydrogen) atoms. The van der Waals surface area contributed by atoms with Crippen LogP contribution in [0.5, 0.6) is 0 Å². The highest BCUT2D eigenvalue weighted by Gasteiger charge is 2.42. The number of rotatable bonds is 4. The molecule has 0 aliphatic heterocycles. The van der Waals surface area contributed by atoms with Crippen molar-refractivity contribution in [1.29, 1.82) is 0 Å². The summed E-state index contributed by atoms with van der Waals surface area (Å²) in [6.07, 6.45) is 2.52. The van der Waals surface area contributed by atoms with Gasteiger partial charge >= 0.3 is 0 Å². The molecule has 0 heterocycles. The Morgan fingerprint density at radius 2 is 2.11 bits per heavy atom. The third-order valence-corrected chi connectivity index (χ3v) is 4.23. The van der Waals surface area contributed by atoms with Crippen molar-refractivity contribution in [3.63, 3.8) is 0 Å². The van der Waals surface area contributed by atoms with Gasteiger partial charge in [-0.15, -0.1) is 0 Å². The Labute approximate surface area is 113 Å². The van der Waals surface area contributed by atoms with E-state index in [9.17, 15) is 4.79 Å². The summed E-state index contributed by atoms with van der Waals surface area (Å²) in [5.74, 6) is -0.158. The van der Waals surface area contributed by atoms with Crippen LogP contribution < -0.4 is 10.6 Å². The van der Waals surface area contributed by atoms with Gasteiger partial charge in [-0.05, 0) is 43.4 Å². The normalized spacial score (nSPS) is 18.0. The summed E-state index contributed by atoms with van der Waals surface area (Å²) >= 11 is 6.02. The van der Waals surface area contributed by atoms with E-state index in [1.54, 1.807) is 13.1 Å². The van der Waals surface area contributed by atoms with Gasteiger partial charge in [0.05, 0.1) is 10.6 Å². The molecule has 1 saturated carbocycles. The van der Waals surface area contributed by atoms with Crippen molar-refractivity contribution in [2.45, 2.75) is 32.7 Å². The molecule has 1 aromatic carbocycles. The van der Waals surface area contributed by atoms with Crippen molar-refractivity contribution < 1.29 is 4.79 Å². The number of anilines is 1. The molecule has 0 aromatic heterocycles. The van der Waals surface area contributed by atoms with Gasteiger partial charge in [0.1, 0.15) is 0 Å². The first-order chi connectivity index (χ1) is 8.46. The second kappa shape index (κ2) is 4.81. The number of carbonyl (C=O) groups excluding carboxylic acids is 1. The molecule has 1 atom stereocenters. The maximum Gasteiger partial charge on any atom is 0.252 e. The highest BCUT2D eigenvalue weighted by Crippen LogP contribution is 2.48. The van der Waals surface area contributed by atoms with Gasteiger partial charge in [0.25, 0.3) is 5.91 Å². The first-order valence-electron chi connectivity index (χ1n) is 6.24. The molecule has 0 radical (unpaired) electrons. The molecule has 1 aromatic rings. The summed E-state index contributed by atoms with van der Waals surface area (Å²) in [5.41, 5.74) is 1.85. The summed E-state index contributed by atoms with van der Waals surface area (Å²) in [7, 11) is 1.60. The largest absolute Gasteiger partial charge is 0.382 e. The zero-order valence-electron chi connectivity index (χ0n) is 11.0. The van der Waals surface area contributed by atoms with Crippen LogP contribution in [0.3, 0.4) is 0 Å². The minimum absolute atomic E-state index is 0.158. The van der Waals surface area contributed by atoms with E-state index in [0.717, 1.165) is 5.69 Å². The van der Waals surface area contributed by atoms with Crippen molar-refractivity contribution in [1.82, 2.24) is 5.32 Å². The average molecular weight is 267 g/mol. The fourth-order valence-corrected chi connectivity index (χ4v) is 2.18. The Morgan fingerprint density at radius 3 is 2.67 bits per heavy atom. The van der Waals surface area contributed by atoms with Crippen LogP contribution in [0.1, 0.15) is 37.0 Å². The third-order valence-electron chi connectivity index (χ3n) is 3.91. The molecule has 3 nitrogen and oxygen atoms in total. The van der Waals surface area contributed by atoms with Crippen LogP contribution in [0.2, 0.25) is 5.02 Å². The van der Waals surface area contributed by atoms with Crippen molar-refractivity contribution in [2.24, 2.45) is 5.41 Å². The number of hydrogen-bond acceptors (Lipinski definition) is 2. The van der Waals surface area contributed by atoms with Crippen LogP contribution in [0.25, 0.3) is 0 Å². The summed E-state index contributed by atoms with van der Waals surface area (Å²) in [4.78, 5) is 11.7. The van der Waals surface area contributed by atoms with E-state index in [2.05, 4.69) is 24.5 Å². The van der Waals surface area contributed by atoms with Crippen LogP contribution >= 0.6 is 11.6 Å². The van der Waals surface area contributed by atoms with E-state index >= 15 is 0 Å². The molecule has 0 saturated heterocycles. The van der Waals surface area contributed by atoms with Crippen LogP contribution in [-0.4, -0.2) is 19.0 Å². The standard InChI is InChI=1S/C14H19ClN2O/c1-9(14(2)6-7-14)17-10-4-5-12(15)11(8-10)13(18)16-3/h4-5,8-9,17H,6-7H2,1-3H3,(H,16,18). The van der Waals surface area contributed by atoms with E-state index in [-0.39, 0.29) is 5.91 Å². The molecule has 4 heteroatoms. The SMILES string of the molecule is CNC(=O)c1cc(NC(C)C2(C)CC2)ccc1Cl. The quantitative estimate of drug-likeness (QED) is 0.878. The van der Waals surface area contributed by atoms with Crippen molar-refractivity contribution >= 4 is 23.2 Å². The molecule has 98 valence electrons. The predicted molar refractivity (Wildman–Crippen MR) is 75.3 cm³/mol. The molecule has 1 aliphatic carbocycles. The van der Waals surface area contributed by atoms with Gasteiger partial charge in [0.2, 0.25) is 0 Å². The number of carbonyl (C=O) groups is 1. The van der Waals surface area contributed by atoms with Crippen molar-refractivity contribution in [3.8, 4) is 0 Å². The molecule has 2 N–H and O–H groups in total. The maximum absolute atomic E-state index is 11.7. The fraction of sp³-hybridized carbons (Fsp3) is 0.500. The van der Waals surface area contributed by atoms with Crippen LogP contribution in [0, 0.1) is 5.41 Å². The highest BCUT2D eigenvalue weighted by atomic mass is 35.5. The number of halogens is 1. The Balaban J connectivity index is 2.16. The molecular formula is C14H19ClN2O. The smallest absolute Gasteiger partial charge is 0.252 e. The molecule has 1 amide bonds. The first kappa shape index (κ1) is 13.2. The third kappa shape index (κ3) is 2.61. The van der Waals surface area contributed by atoms with E-state index in [0.29, 0.717) is 22.0 Å². The van der Waals surface area contributed by atoms with Gasteiger partial charge in [0, 0.05) is 18.8 Å². The average Bonchev–Trinajstić information content (AvgIpc) is 3.10. The lowest BCUT2D eigenvalue weighted by Crippen LogP contribution is -2.25. The van der Waals surface area contributed by atoms with Gasteiger partial charge < -0.3 is 10.6 Å². The van der Waals surface area contributed by atoms with Gasteiger partial charge in [-0.1, -0.05) is 18.5 Å². The number of nitrogens with one attached hydrogen (secondary N) is 2.